The highest BCUT2D eigenvalue weighted by molar-refractivity contribution is 6.09. The van der Waals surface area contributed by atoms with Crippen LogP contribution in [0, 0.1) is 0 Å². The number of para-hydroxylation sites is 2. The Morgan fingerprint density at radius 2 is 1.41 bits per heavy atom. The van der Waals surface area contributed by atoms with E-state index in [1.807, 2.05) is 30.3 Å². The third-order valence-electron chi connectivity index (χ3n) is 4.21. The largest absolute Gasteiger partial charge is 0.344 e. The molecule has 3 aromatic carbocycles. The summed E-state index contributed by atoms with van der Waals surface area (Å²) in [5, 5.41) is 4.20. The molecule has 108 valence electrons. The average molecular weight is 287 g/mol. The number of hydrogen-bond acceptors (Lipinski definition) is 2. The number of aryl methyl sites for hydroxylation is 1. The maximum Gasteiger partial charge on any atom is 0.0582 e. The number of nitrogens with zero attached hydrogens (tertiary/aromatic N) is 2. The van der Waals surface area contributed by atoms with Gasteiger partial charge in [0.05, 0.1) is 11.4 Å². The van der Waals surface area contributed by atoms with Crippen LogP contribution in [0.25, 0.3) is 21.8 Å². The lowest BCUT2D eigenvalue weighted by Crippen LogP contribution is -2.24. The molecule has 0 aliphatic carbocycles. The molecule has 2 N–H and O–H groups in total. The monoisotopic (exact) mass is 287 g/mol. The topological polar surface area (TPSA) is 34.2 Å². The number of rotatable bonds is 2. The van der Waals surface area contributed by atoms with Crippen LogP contribution < -0.4 is 10.9 Å². The molecular formula is C19H17N3. The van der Waals surface area contributed by atoms with E-state index in [0.717, 1.165) is 11.4 Å². The number of fused-ring (bicyclic) bond motifs is 3. The lowest BCUT2D eigenvalue weighted by Gasteiger charge is -2.18. The fraction of sp³-hybridized carbons (Fsp3) is 0.0526. The van der Waals surface area contributed by atoms with Crippen LogP contribution >= 0.6 is 0 Å². The van der Waals surface area contributed by atoms with Gasteiger partial charge in [0.2, 0.25) is 0 Å². The first-order chi connectivity index (χ1) is 10.8. The van der Waals surface area contributed by atoms with E-state index < -0.39 is 0 Å². The fourth-order valence-electron chi connectivity index (χ4n) is 3.04. The Hall–Kier alpha value is -2.78. The molecule has 0 saturated heterocycles. The zero-order chi connectivity index (χ0) is 15.1. The third kappa shape index (κ3) is 1.87. The maximum atomic E-state index is 6.28. The zero-order valence-electron chi connectivity index (χ0n) is 12.4. The molecule has 0 fully saturated rings. The van der Waals surface area contributed by atoms with Gasteiger partial charge in [-0.3, -0.25) is 5.01 Å². The second-order valence-corrected chi connectivity index (χ2v) is 5.48. The van der Waals surface area contributed by atoms with Gasteiger partial charge in [-0.15, -0.1) is 0 Å². The Morgan fingerprint density at radius 1 is 0.727 bits per heavy atom. The predicted molar refractivity (Wildman–Crippen MR) is 93.2 cm³/mol. The van der Waals surface area contributed by atoms with Crippen LogP contribution in [-0.2, 0) is 7.05 Å². The van der Waals surface area contributed by atoms with Crippen LogP contribution in [0.15, 0.2) is 72.8 Å². The van der Waals surface area contributed by atoms with Crippen molar-refractivity contribution in [3.05, 3.63) is 72.8 Å². The fourth-order valence-corrected chi connectivity index (χ4v) is 3.04. The number of aromatic nitrogens is 1. The van der Waals surface area contributed by atoms with Crippen molar-refractivity contribution in [1.29, 1.82) is 0 Å². The second-order valence-electron chi connectivity index (χ2n) is 5.48. The van der Waals surface area contributed by atoms with Crippen molar-refractivity contribution in [3.63, 3.8) is 0 Å². The summed E-state index contributed by atoms with van der Waals surface area (Å²) < 4.78 is 2.22. The Balaban J connectivity index is 1.92. The van der Waals surface area contributed by atoms with E-state index in [4.69, 9.17) is 5.84 Å². The minimum atomic E-state index is 0.974. The molecule has 0 atom stereocenters. The summed E-state index contributed by atoms with van der Waals surface area (Å²) in [4.78, 5) is 0. The van der Waals surface area contributed by atoms with E-state index in [1.54, 1.807) is 5.01 Å². The van der Waals surface area contributed by atoms with Gasteiger partial charge in [0.15, 0.2) is 0 Å². The first-order valence-electron chi connectivity index (χ1n) is 7.33. The molecule has 0 radical (unpaired) electrons. The normalized spacial score (nSPS) is 11.2. The smallest absolute Gasteiger partial charge is 0.0582 e. The van der Waals surface area contributed by atoms with E-state index in [1.165, 1.54) is 21.8 Å². The summed E-state index contributed by atoms with van der Waals surface area (Å²) in [6.45, 7) is 0. The second kappa shape index (κ2) is 4.90. The quantitative estimate of drug-likeness (QED) is 0.439. The number of benzene rings is 3. The van der Waals surface area contributed by atoms with Crippen LogP contribution in [0.1, 0.15) is 0 Å². The molecule has 0 aliphatic heterocycles. The summed E-state index contributed by atoms with van der Waals surface area (Å²) in [5.74, 6) is 6.28. The van der Waals surface area contributed by atoms with Crippen LogP contribution in [0.4, 0.5) is 11.4 Å². The first kappa shape index (κ1) is 12.9. The number of nitrogens with two attached hydrogens (primary N) is 1. The van der Waals surface area contributed by atoms with E-state index in [-0.39, 0.29) is 0 Å². The summed E-state index contributed by atoms with van der Waals surface area (Å²) in [7, 11) is 2.10. The molecule has 3 nitrogen and oxygen atoms in total. The van der Waals surface area contributed by atoms with Crippen LogP contribution in [0.5, 0.6) is 0 Å². The van der Waals surface area contributed by atoms with Gasteiger partial charge in [-0.25, -0.2) is 5.84 Å². The Bertz CT molecular complexity index is 954. The molecule has 0 saturated carbocycles. The highest BCUT2D eigenvalue weighted by Crippen LogP contribution is 2.32. The van der Waals surface area contributed by atoms with E-state index in [9.17, 15) is 0 Å². The molecule has 3 heteroatoms. The average Bonchev–Trinajstić information content (AvgIpc) is 2.88. The minimum absolute atomic E-state index is 0.974. The lowest BCUT2D eigenvalue weighted by molar-refractivity contribution is 1.01. The highest BCUT2D eigenvalue weighted by atomic mass is 15.4. The lowest BCUT2D eigenvalue weighted by atomic mass is 10.1. The van der Waals surface area contributed by atoms with Gasteiger partial charge in [0.25, 0.3) is 0 Å². The van der Waals surface area contributed by atoms with E-state index in [2.05, 4.69) is 54.1 Å². The summed E-state index contributed by atoms with van der Waals surface area (Å²) in [6.07, 6.45) is 0. The van der Waals surface area contributed by atoms with Gasteiger partial charge >= 0.3 is 0 Å². The van der Waals surface area contributed by atoms with Crippen LogP contribution in [-0.4, -0.2) is 4.57 Å². The van der Waals surface area contributed by atoms with Gasteiger partial charge < -0.3 is 4.57 Å². The van der Waals surface area contributed by atoms with Gasteiger partial charge in [-0.1, -0.05) is 36.4 Å². The molecule has 4 rings (SSSR count). The van der Waals surface area contributed by atoms with Crippen molar-refractivity contribution in [1.82, 2.24) is 4.57 Å². The third-order valence-corrected chi connectivity index (χ3v) is 4.21. The van der Waals surface area contributed by atoms with Crippen molar-refractivity contribution in [3.8, 4) is 0 Å². The molecule has 22 heavy (non-hydrogen) atoms. The number of hydrazine groups is 1. The highest BCUT2D eigenvalue weighted by Gasteiger charge is 2.10. The molecule has 0 spiro atoms. The Kier molecular flexibility index (Phi) is 2.88. The molecule has 0 amide bonds. The zero-order valence-corrected chi connectivity index (χ0v) is 12.4. The molecule has 1 aromatic heterocycles. The minimum Gasteiger partial charge on any atom is -0.344 e. The van der Waals surface area contributed by atoms with Crippen molar-refractivity contribution < 1.29 is 0 Å². The Morgan fingerprint density at radius 3 is 2.23 bits per heavy atom. The molecular weight excluding hydrogens is 270 g/mol. The Labute approximate surface area is 129 Å². The summed E-state index contributed by atoms with van der Waals surface area (Å²) >= 11 is 0. The van der Waals surface area contributed by atoms with Gasteiger partial charge in [0.1, 0.15) is 0 Å². The molecule has 0 unspecified atom stereocenters. The van der Waals surface area contributed by atoms with Gasteiger partial charge in [-0.2, -0.15) is 0 Å². The van der Waals surface area contributed by atoms with Crippen molar-refractivity contribution in [2.45, 2.75) is 0 Å². The van der Waals surface area contributed by atoms with Crippen LogP contribution in [0.3, 0.4) is 0 Å². The number of hydrogen-bond donors (Lipinski definition) is 1. The molecule has 0 aliphatic rings. The molecule has 0 bridgehead atoms. The van der Waals surface area contributed by atoms with Gasteiger partial charge in [-0.05, 0) is 36.4 Å². The van der Waals surface area contributed by atoms with Crippen molar-refractivity contribution >= 4 is 33.2 Å². The number of anilines is 2. The standard InChI is InChI=1S/C19H17N3/c1-21-18-10-6-5-9-16(18)17-13-15(11-12-19(17)21)22(20)14-7-3-2-4-8-14/h2-13H,20H2,1H3. The van der Waals surface area contributed by atoms with E-state index >= 15 is 0 Å². The SMILES string of the molecule is Cn1c2ccccc2c2cc(N(N)c3ccccc3)ccc21. The van der Waals surface area contributed by atoms with E-state index in [0.29, 0.717) is 0 Å². The summed E-state index contributed by atoms with van der Waals surface area (Å²) in [6, 6.07) is 24.8. The van der Waals surface area contributed by atoms with Crippen LogP contribution in [0.2, 0.25) is 0 Å². The molecule has 4 aromatic rings. The van der Waals surface area contributed by atoms with Gasteiger partial charge in [0, 0.05) is 28.9 Å². The maximum absolute atomic E-state index is 6.28. The van der Waals surface area contributed by atoms with Crippen molar-refractivity contribution in [2.24, 2.45) is 12.9 Å². The van der Waals surface area contributed by atoms with Crippen molar-refractivity contribution in [2.75, 3.05) is 5.01 Å². The first-order valence-corrected chi connectivity index (χ1v) is 7.33. The summed E-state index contributed by atoms with van der Waals surface area (Å²) in [5.41, 5.74) is 4.40. The molecule has 1 heterocycles. The predicted octanol–water partition coefficient (Wildman–Crippen LogP) is 4.34.